The molecule has 1 aliphatic heterocycles. The van der Waals surface area contributed by atoms with Gasteiger partial charge in [-0.3, -0.25) is 0 Å². The molecule has 0 amide bonds. The van der Waals surface area contributed by atoms with Gasteiger partial charge in [-0.05, 0) is 51.3 Å². The predicted octanol–water partition coefficient (Wildman–Crippen LogP) is 3.37. The first-order valence-electron chi connectivity index (χ1n) is 8.61. The van der Waals surface area contributed by atoms with Crippen molar-refractivity contribution in [2.45, 2.75) is 52.2 Å². The number of hydrogen-bond acceptors (Lipinski definition) is 2. The molecule has 1 saturated heterocycles. The van der Waals surface area contributed by atoms with Crippen molar-refractivity contribution >= 4 is 29.9 Å². The molecule has 1 aliphatic rings. The van der Waals surface area contributed by atoms with Crippen LogP contribution in [0.1, 0.15) is 39.2 Å². The summed E-state index contributed by atoms with van der Waals surface area (Å²) in [7, 11) is 0. The first-order valence-corrected chi connectivity index (χ1v) is 8.61. The summed E-state index contributed by atoms with van der Waals surface area (Å²) in [6.45, 7) is 10.1. The molecule has 6 heteroatoms. The average molecular weight is 448 g/mol. The SMILES string of the molecule is CCNC(=NCc1cccc(F)c1)NC1CCN(C(C)C)CC1.I. The van der Waals surface area contributed by atoms with Gasteiger partial charge in [0.15, 0.2) is 5.96 Å². The van der Waals surface area contributed by atoms with E-state index in [1.165, 1.54) is 12.1 Å². The summed E-state index contributed by atoms with van der Waals surface area (Å²) in [6.07, 6.45) is 2.26. The zero-order valence-corrected chi connectivity index (χ0v) is 17.2. The molecule has 0 bridgehead atoms. The van der Waals surface area contributed by atoms with Crippen LogP contribution >= 0.6 is 24.0 Å². The molecular weight excluding hydrogens is 418 g/mol. The van der Waals surface area contributed by atoms with E-state index < -0.39 is 0 Å². The van der Waals surface area contributed by atoms with Gasteiger partial charge in [-0.15, -0.1) is 24.0 Å². The maximum Gasteiger partial charge on any atom is 0.191 e. The van der Waals surface area contributed by atoms with Gasteiger partial charge in [0.25, 0.3) is 0 Å². The Morgan fingerprint density at radius 3 is 2.62 bits per heavy atom. The van der Waals surface area contributed by atoms with E-state index in [1.54, 1.807) is 6.07 Å². The molecule has 0 aliphatic carbocycles. The number of halogens is 2. The van der Waals surface area contributed by atoms with E-state index in [4.69, 9.17) is 0 Å². The number of benzene rings is 1. The Balaban J connectivity index is 0.00000288. The summed E-state index contributed by atoms with van der Waals surface area (Å²) in [5.41, 5.74) is 0.886. The first kappa shape index (κ1) is 21.2. The highest BCUT2D eigenvalue weighted by Gasteiger charge is 2.21. The topological polar surface area (TPSA) is 39.7 Å². The van der Waals surface area contributed by atoms with Crippen LogP contribution in [0.25, 0.3) is 0 Å². The molecule has 24 heavy (non-hydrogen) atoms. The molecule has 0 aromatic heterocycles. The second kappa shape index (κ2) is 10.9. The van der Waals surface area contributed by atoms with Gasteiger partial charge in [0.2, 0.25) is 0 Å². The fraction of sp³-hybridized carbons (Fsp3) is 0.611. The molecule has 0 spiro atoms. The molecule has 0 radical (unpaired) electrons. The third-order valence-electron chi connectivity index (χ3n) is 4.25. The fourth-order valence-corrected chi connectivity index (χ4v) is 2.88. The van der Waals surface area contributed by atoms with Crippen molar-refractivity contribution < 1.29 is 4.39 Å². The molecular formula is C18H30FIN4. The van der Waals surface area contributed by atoms with Crippen molar-refractivity contribution in [2.75, 3.05) is 19.6 Å². The molecule has 1 aromatic carbocycles. The summed E-state index contributed by atoms with van der Waals surface area (Å²) >= 11 is 0. The van der Waals surface area contributed by atoms with Gasteiger partial charge in [-0.25, -0.2) is 9.38 Å². The molecule has 1 aromatic rings. The number of aliphatic imine (C=N–C) groups is 1. The van der Waals surface area contributed by atoms with E-state index in [2.05, 4.69) is 41.3 Å². The third-order valence-corrected chi connectivity index (χ3v) is 4.25. The van der Waals surface area contributed by atoms with Crippen molar-refractivity contribution in [1.82, 2.24) is 15.5 Å². The maximum absolute atomic E-state index is 13.2. The zero-order valence-electron chi connectivity index (χ0n) is 14.9. The van der Waals surface area contributed by atoms with Crippen molar-refractivity contribution in [3.05, 3.63) is 35.6 Å². The number of hydrogen-bond donors (Lipinski definition) is 2. The second-order valence-electron chi connectivity index (χ2n) is 6.37. The smallest absolute Gasteiger partial charge is 0.191 e. The number of guanidine groups is 1. The van der Waals surface area contributed by atoms with Crippen LogP contribution in [0.5, 0.6) is 0 Å². The highest BCUT2D eigenvalue weighted by molar-refractivity contribution is 14.0. The van der Waals surface area contributed by atoms with E-state index in [-0.39, 0.29) is 29.8 Å². The fourth-order valence-electron chi connectivity index (χ4n) is 2.88. The number of nitrogens with zero attached hydrogens (tertiary/aromatic N) is 2. The van der Waals surface area contributed by atoms with Gasteiger partial charge in [0.1, 0.15) is 5.82 Å². The monoisotopic (exact) mass is 448 g/mol. The van der Waals surface area contributed by atoms with Gasteiger partial charge < -0.3 is 15.5 Å². The van der Waals surface area contributed by atoms with Crippen LogP contribution in [0, 0.1) is 5.82 Å². The summed E-state index contributed by atoms with van der Waals surface area (Å²) in [6, 6.07) is 7.69. The minimum absolute atomic E-state index is 0. The normalized spacial score (nSPS) is 16.8. The summed E-state index contributed by atoms with van der Waals surface area (Å²) < 4.78 is 13.2. The lowest BCUT2D eigenvalue weighted by atomic mass is 10.0. The highest BCUT2D eigenvalue weighted by atomic mass is 127. The van der Waals surface area contributed by atoms with Crippen molar-refractivity contribution in [3.63, 3.8) is 0 Å². The average Bonchev–Trinajstić information content (AvgIpc) is 2.53. The Kier molecular flexibility index (Phi) is 9.58. The number of likely N-dealkylation sites (tertiary alicyclic amines) is 1. The van der Waals surface area contributed by atoms with Crippen LogP contribution in [-0.2, 0) is 6.54 Å². The lowest BCUT2D eigenvalue weighted by molar-refractivity contribution is 0.167. The number of piperidine rings is 1. The van der Waals surface area contributed by atoms with Crippen molar-refractivity contribution in [3.8, 4) is 0 Å². The Hall–Kier alpha value is -0.890. The Morgan fingerprint density at radius 1 is 1.33 bits per heavy atom. The molecule has 1 fully saturated rings. The largest absolute Gasteiger partial charge is 0.357 e. The van der Waals surface area contributed by atoms with Gasteiger partial charge in [-0.1, -0.05) is 12.1 Å². The Morgan fingerprint density at radius 2 is 2.04 bits per heavy atom. The molecule has 1 heterocycles. The van der Waals surface area contributed by atoms with Crippen LogP contribution in [0.15, 0.2) is 29.3 Å². The predicted molar refractivity (Wildman–Crippen MR) is 109 cm³/mol. The van der Waals surface area contributed by atoms with E-state index in [0.717, 1.165) is 44.0 Å². The number of rotatable bonds is 5. The van der Waals surface area contributed by atoms with Crippen LogP contribution in [0.2, 0.25) is 0 Å². The minimum atomic E-state index is -0.211. The van der Waals surface area contributed by atoms with Gasteiger partial charge in [0.05, 0.1) is 6.54 Å². The third kappa shape index (κ3) is 6.93. The van der Waals surface area contributed by atoms with Gasteiger partial charge in [0, 0.05) is 31.7 Å². The minimum Gasteiger partial charge on any atom is -0.357 e. The van der Waals surface area contributed by atoms with E-state index >= 15 is 0 Å². The zero-order chi connectivity index (χ0) is 16.7. The summed E-state index contributed by atoms with van der Waals surface area (Å²) in [4.78, 5) is 7.10. The lowest BCUT2D eigenvalue weighted by Gasteiger charge is -2.35. The summed E-state index contributed by atoms with van der Waals surface area (Å²) in [5, 5.41) is 6.80. The first-order chi connectivity index (χ1) is 11.1. The van der Waals surface area contributed by atoms with Gasteiger partial charge in [-0.2, -0.15) is 0 Å². The second-order valence-corrected chi connectivity index (χ2v) is 6.37. The van der Waals surface area contributed by atoms with Crippen LogP contribution in [0.3, 0.4) is 0 Å². The maximum atomic E-state index is 13.2. The summed E-state index contributed by atoms with van der Waals surface area (Å²) in [5.74, 6) is 0.608. The molecule has 4 nitrogen and oxygen atoms in total. The lowest BCUT2D eigenvalue weighted by Crippen LogP contribution is -2.49. The van der Waals surface area contributed by atoms with E-state index in [0.29, 0.717) is 18.6 Å². The van der Waals surface area contributed by atoms with Crippen LogP contribution in [0.4, 0.5) is 4.39 Å². The van der Waals surface area contributed by atoms with Crippen molar-refractivity contribution in [1.29, 1.82) is 0 Å². The molecule has 0 atom stereocenters. The molecule has 2 N–H and O–H groups in total. The van der Waals surface area contributed by atoms with Crippen molar-refractivity contribution in [2.24, 2.45) is 4.99 Å². The van der Waals surface area contributed by atoms with Gasteiger partial charge >= 0.3 is 0 Å². The molecule has 136 valence electrons. The number of nitrogens with one attached hydrogen (secondary N) is 2. The molecule has 0 unspecified atom stereocenters. The van der Waals surface area contributed by atoms with E-state index in [9.17, 15) is 4.39 Å². The molecule has 0 saturated carbocycles. The highest BCUT2D eigenvalue weighted by Crippen LogP contribution is 2.13. The molecule has 2 rings (SSSR count). The Bertz CT molecular complexity index is 513. The van der Waals surface area contributed by atoms with E-state index in [1.807, 2.05) is 6.07 Å². The van der Waals surface area contributed by atoms with Crippen LogP contribution in [-0.4, -0.2) is 42.6 Å². The Labute approximate surface area is 162 Å². The van der Waals surface area contributed by atoms with Crippen LogP contribution < -0.4 is 10.6 Å². The quantitative estimate of drug-likeness (QED) is 0.412. The standard InChI is InChI=1S/C18H29FN4.HI/c1-4-20-18(21-13-15-6-5-7-16(19)12-15)22-17-8-10-23(11-9-17)14(2)3;/h5-7,12,14,17H,4,8-11,13H2,1-3H3,(H2,20,21,22);1H.